The van der Waals surface area contributed by atoms with Crippen molar-refractivity contribution in [3.63, 3.8) is 0 Å². The maximum Gasteiger partial charge on any atom is 0.237 e. The van der Waals surface area contributed by atoms with Crippen molar-refractivity contribution in [2.75, 3.05) is 0 Å². The number of ketones is 1. The molecule has 150 valence electrons. The molecule has 1 aliphatic rings. The number of rotatable bonds is 9. The largest absolute Gasteiger partial charge is 0.351 e. The van der Waals surface area contributed by atoms with E-state index in [2.05, 4.69) is 40.7 Å². The van der Waals surface area contributed by atoms with Gasteiger partial charge in [0.1, 0.15) is 5.78 Å². The number of benzene rings is 1. The molecule has 1 aromatic heterocycles. The molecule has 0 spiro atoms. The molecule has 5 heteroatoms. The fourth-order valence-corrected chi connectivity index (χ4v) is 4.10. The summed E-state index contributed by atoms with van der Waals surface area (Å²) in [6, 6.07) is 9.94. The van der Waals surface area contributed by atoms with Crippen molar-refractivity contribution in [2.45, 2.75) is 71.0 Å². The Bertz CT molecular complexity index is 820. The van der Waals surface area contributed by atoms with Crippen molar-refractivity contribution in [1.29, 1.82) is 0 Å². The lowest BCUT2D eigenvalue weighted by molar-refractivity contribution is -0.125. The van der Waals surface area contributed by atoms with Crippen LogP contribution in [-0.2, 0) is 16.1 Å². The van der Waals surface area contributed by atoms with E-state index in [0.717, 1.165) is 55.0 Å². The fourth-order valence-electron chi connectivity index (χ4n) is 4.10. The van der Waals surface area contributed by atoms with E-state index in [0.29, 0.717) is 6.54 Å². The predicted octanol–water partition coefficient (Wildman–Crippen LogP) is 3.76. The molecule has 0 saturated heterocycles. The molecule has 1 aliphatic carbocycles. The zero-order valence-electron chi connectivity index (χ0n) is 16.9. The average molecular weight is 382 g/mol. The number of nitrogens with zero attached hydrogens (tertiary/aromatic N) is 1. The first-order valence-corrected chi connectivity index (χ1v) is 10.5. The van der Waals surface area contributed by atoms with Gasteiger partial charge in [-0.2, -0.15) is 0 Å². The summed E-state index contributed by atoms with van der Waals surface area (Å²) < 4.78 is 0. The standard InChI is InChI=1S/C23H31N3O2/c1-3-4-9-21(23(28)26-20-10-5-8-19(20)16(2)27)25-15-17-11-12-18-7-6-13-24-22(18)14-17/h6-7,11-14,19-21,25H,3-5,8-10,15H2,1-2H3,(H,26,28)/t19-,20-,21-/m0/s1. The molecule has 1 fully saturated rings. The Hall–Kier alpha value is -2.27. The second kappa shape index (κ2) is 9.78. The van der Waals surface area contributed by atoms with Gasteiger partial charge in [-0.15, -0.1) is 0 Å². The monoisotopic (exact) mass is 381 g/mol. The molecule has 0 aliphatic heterocycles. The highest BCUT2D eigenvalue weighted by Gasteiger charge is 2.33. The lowest BCUT2D eigenvalue weighted by atomic mass is 9.98. The number of carbonyl (C=O) groups excluding carboxylic acids is 2. The number of hydrogen-bond donors (Lipinski definition) is 2. The summed E-state index contributed by atoms with van der Waals surface area (Å²) in [4.78, 5) is 29.1. The number of carbonyl (C=O) groups is 2. The molecule has 1 aromatic carbocycles. The Balaban J connectivity index is 1.63. The van der Waals surface area contributed by atoms with Gasteiger partial charge in [-0.3, -0.25) is 14.6 Å². The fraction of sp³-hybridized carbons (Fsp3) is 0.522. The number of amides is 1. The number of pyridine rings is 1. The van der Waals surface area contributed by atoms with Crippen molar-refractivity contribution >= 4 is 22.6 Å². The Morgan fingerprint density at radius 1 is 1.25 bits per heavy atom. The molecular weight excluding hydrogens is 350 g/mol. The summed E-state index contributed by atoms with van der Waals surface area (Å²) in [5, 5.41) is 7.69. The minimum atomic E-state index is -0.243. The molecule has 3 atom stereocenters. The molecule has 5 nitrogen and oxygen atoms in total. The van der Waals surface area contributed by atoms with Crippen LogP contribution in [0.1, 0.15) is 57.9 Å². The Morgan fingerprint density at radius 2 is 2.11 bits per heavy atom. The first-order valence-electron chi connectivity index (χ1n) is 10.5. The quantitative estimate of drug-likeness (QED) is 0.694. The van der Waals surface area contributed by atoms with Crippen LogP contribution in [0.3, 0.4) is 0 Å². The Kier molecular flexibility index (Phi) is 7.15. The van der Waals surface area contributed by atoms with Gasteiger partial charge in [0.15, 0.2) is 0 Å². The van der Waals surface area contributed by atoms with Crippen LogP contribution in [0.2, 0.25) is 0 Å². The van der Waals surface area contributed by atoms with Gasteiger partial charge in [0.25, 0.3) is 0 Å². The van der Waals surface area contributed by atoms with Crippen molar-refractivity contribution < 1.29 is 9.59 Å². The maximum atomic E-state index is 12.9. The SMILES string of the molecule is CCCC[C@H](NCc1ccc2cccnc2c1)C(=O)N[C@H]1CCC[C@H]1C(C)=O. The van der Waals surface area contributed by atoms with E-state index >= 15 is 0 Å². The van der Waals surface area contributed by atoms with Crippen LogP contribution in [0.15, 0.2) is 36.5 Å². The second-order valence-corrected chi connectivity index (χ2v) is 7.87. The third-order valence-electron chi connectivity index (χ3n) is 5.75. The lowest BCUT2D eigenvalue weighted by Crippen LogP contribution is -2.49. The number of fused-ring (bicyclic) bond motifs is 1. The summed E-state index contributed by atoms with van der Waals surface area (Å²) in [5.41, 5.74) is 2.08. The minimum absolute atomic E-state index is 0.0132. The Labute approximate surface area is 167 Å². The van der Waals surface area contributed by atoms with Crippen LogP contribution < -0.4 is 10.6 Å². The molecule has 3 rings (SSSR count). The third kappa shape index (κ3) is 5.16. The van der Waals surface area contributed by atoms with E-state index < -0.39 is 0 Å². The number of hydrogen-bond acceptors (Lipinski definition) is 4. The van der Waals surface area contributed by atoms with E-state index in [1.165, 1.54) is 0 Å². The first kappa shape index (κ1) is 20.5. The smallest absolute Gasteiger partial charge is 0.237 e. The summed E-state index contributed by atoms with van der Waals surface area (Å²) in [6.07, 6.45) is 7.42. The van der Waals surface area contributed by atoms with Gasteiger partial charge < -0.3 is 10.6 Å². The number of unbranched alkanes of at least 4 members (excludes halogenated alkanes) is 1. The molecule has 0 unspecified atom stereocenters. The highest BCUT2D eigenvalue weighted by Crippen LogP contribution is 2.26. The summed E-state index contributed by atoms with van der Waals surface area (Å²) in [7, 11) is 0. The van der Waals surface area contributed by atoms with Gasteiger partial charge in [-0.1, -0.05) is 44.4 Å². The van der Waals surface area contributed by atoms with Gasteiger partial charge in [0.05, 0.1) is 11.6 Å². The summed E-state index contributed by atoms with van der Waals surface area (Å²) in [5.74, 6) is 0.178. The molecule has 0 bridgehead atoms. The summed E-state index contributed by atoms with van der Waals surface area (Å²) >= 11 is 0. The van der Waals surface area contributed by atoms with Crippen LogP contribution >= 0.6 is 0 Å². The van der Waals surface area contributed by atoms with Crippen LogP contribution in [0.5, 0.6) is 0 Å². The van der Waals surface area contributed by atoms with Crippen LogP contribution in [0, 0.1) is 5.92 Å². The van der Waals surface area contributed by atoms with Crippen LogP contribution in [-0.4, -0.2) is 28.8 Å². The van der Waals surface area contributed by atoms with Crippen molar-refractivity contribution in [3.05, 3.63) is 42.1 Å². The number of nitrogens with one attached hydrogen (secondary N) is 2. The Morgan fingerprint density at radius 3 is 2.89 bits per heavy atom. The van der Waals surface area contributed by atoms with Gasteiger partial charge in [0.2, 0.25) is 5.91 Å². The van der Waals surface area contributed by atoms with Crippen molar-refractivity contribution in [1.82, 2.24) is 15.6 Å². The lowest BCUT2D eigenvalue weighted by Gasteiger charge is -2.24. The topological polar surface area (TPSA) is 71.1 Å². The minimum Gasteiger partial charge on any atom is -0.351 e. The second-order valence-electron chi connectivity index (χ2n) is 7.87. The first-order chi connectivity index (χ1) is 13.6. The van der Waals surface area contributed by atoms with Crippen molar-refractivity contribution in [2.24, 2.45) is 5.92 Å². The van der Waals surface area contributed by atoms with Crippen LogP contribution in [0.4, 0.5) is 0 Å². The molecule has 1 heterocycles. The zero-order valence-corrected chi connectivity index (χ0v) is 16.9. The van der Waals surface area contributed by atoms with Gasteiger partial charge in [-0.25, -0.2) is 0 Å². The van der Waals surface area contributed by atoms with E-state index in [9.17, 15) is 9.59 Å². The summed E-state index contributed by atoms with van der Waals surface area (Å²) in [6.45, 7) is 4.39. The highest BCUT2D eigenvalue weighted by atomic mass is 16.2. The van der Waals surface area contributed by atoms with Gasteiger partial charge >= 0.3 is 0 Å². The van der Waals surface area contributed by atoms with E-state index in [1.807, 2.05) is 12.1 Å². The molecule has 0 radical (unpaired) electrons. The number of aromatic nitrogens is 1. The molecule has 2 N–H and O–H groups in total. The average Bonchev–Trinajstić information content (AvgIpc) is 3.16. The zero-order chi connectivity index (χ0) is 19.9. The molecule has 1 amide bonds. The third-order valence-corrected chi connectivity index (χ3v) is 5.75. The molecule has 28 heavy (non-hydrogen) atoms. The molecule has 2 aromatic rings. The van der Waals surface area contributed by atoms with E-state index in [1.54, 1.807) is 13.1 Å². The maximum absolute atomic E-state index is 12.9. The number of Topliss-reactive ketones (excluding diaryl/α,β-unsaturated/α-hetero) is 1. The normalized spacial score (nSPS) is 20.2. The van der Waals surface area contributed by atoms with Crippen LogP contribution in [0.25, 0.3) is 10.9 Å². The van der Waals surface area contributed by atoms with Crippen molar-refractivity contribution in [3.8, 4) is 0 Å². The molecule has 1 saturated carbocycles. The highest BCUT2D eigenvalue weighted by molar-refractivity contribution is 5.84. The molecular formula is C23H31N3O2. The van der Waals surface area contributed by atoms with E-state index in [4.69, 9.17) is 0 Å². The van der Waals surface area contributed by atoms with Gasteiger partial charge in [-0.05, 0) is 43.9 Å². The van der Waals surface area contributed by atoms with E-state index in [-0.39, 0.29) is 29.7 Å². The predicted molar refractivity (Wildman–Crippen MR) is 112 cm³/mol. The van der Waals surface area contributed by atoms with Gasteiger partial charge in [0, 0.05) is 30.1 Å².